The second-order valence-corrected chi connectivity index (χ2v) is 6.10. The normalized spacial score (nSPS) is 16.3. The first-order valence-corrected chi connectivity index (χ1v) is 7.98. The predicted molar refractivity (Wildman–Crippen MR) is 84.3 cm³/mol. The molecule has 1 aromatic heterocycles. The van der Waals surface area contributed by atoms with E-state index >= 15 is 0 Å². The van der Waals surface area contributed by atoms with E-state index in [-0.39, 0.29) is 5.91 Å². The number of hydrogen-bond donors (Lipinski definition) is 1. The van der Waals surface area contributed by atoms with Crippen LogP contribution in [0.3, 0.4) is 0 Å². The van der Waals surface area contributed by atoms with Crippen LogP contribution in [0.15, 0.2) is 12.1 Å². The van der Waals surface area contributed by atoms with Crippen LogP contribution in [0.2, 0.25) is 0 Å². The maximum absolute atomic E-state index is 12.4. The first-order chi connectivity index (χ1) is 10.1. The minimum Gasteiger partial charge on any atom is -0.369 e. The van der Waals surface area contributed by atoms with Crippen molar-refractivity contribution >= 4 is 11.7 Å². The van der Waals surface area contributed by atoms with Gasteiger partial charge in [0.25, 0.3) is 5.91 Å². The van der Waals surface area contributed by atoms with E-state index in [1.807, 2.05) is 11.0 Å². The SMILES string of the molecule is CCCNc1ccc(C(=O)N2CCC(C(C)C)CC2)nn1. The van der Waals surface area contributed by atoms with Gasteiger partial charge < -0.3 is 10.2 Å². The van der Waals surface area contributed by atoms with Gasteiger partial charge in [0, 0.05) is 19.6 Å². The number of hydrogen-bond acceptors (Lipinski definition) is 4. The minimum atomic E-state index is 0.00625. The zero-order valence-corrected chi connectivity index (χ0v) is 13.3. The van der Waals surface area contributed by atoms with Crippen molar-refractivity contribution in [1.82, 2.24) is 15.1 Å². The van der Waals surface area contributed by atoms with E-state index in [0.29, 0.717) is 11.6 Å². The number of nitrogens with zero attached hydrogens (tertiary/aromatic N) is 3. The Hall–Kier alpha value is -1.65. The Labute approximate surface area is 127 Å². The molecule has 1 saturated heterocycles. The Kier molecular flexibility index (Phi) is 5.53. The van der Waals surface area contributed by atoms with Crippen molar-refractivity contribution in [2.45, 2.75) is 40.0 Å². The third-order valence-electron chi connectivity index (χ3n) is 4.21. The number of carbonyl (C=O) groups excluding carboxylic acids is 1. The van der Waals surface area contributed by atoms with E-state index in [1.165, 1.54) is 0 Å². The van der Waals surface area contributed by atoms with Crippen LogP contribution in [-0.4, -0.2) is 40.6 Å². The molecule has 21 heavy (non-hydrogen) atoms. The van der Waals surface area contributed by atoms with Gasteiger partial charge in [0.05, 0.1) is 0 Å². The van der Waals surface area contributed by atoms with Gasteiger partial charge in [0.15, 0.2) is 5.69 Å². The van der Waals surface area contributed by atoms with Gasteiger partial charge >= 0.3 is 0 Å². The van der Waals surface area contributed by atoms with Crippen molar-refractivity contribution in [2.24, 2.45) is 11.8 Å². The van der Waals surface area contributed by atoms with Crippen LogP contribution in [0.1, 0.15) is 50.5 Å². The second kappa shape index (κ2) is 7.38. The van der Waals surface area contributed by atoms with Crippen molar-refractivity contribution in [3.63, 3.8) is 0 Å². The fraction of sp³-hybridized carbons (Fsp3) is 0.688. The number of carbonyl (C=O) groups is 1. The van der Waals surface area contributed by atoms with E-state index in [2.05, 4.69) is 36.3 Å². The fourth-order valence-electron chi connectivity index (χ4n) is 2.72. The van der Waals surface area contributed by atoms with Crippen molar-refractivity contribution in [2.75, 3.05) is 25.0 Å². The Balaban J connectivity index is 1.91. The summed E-state index contributed by atoms with van der Waals surface area (Å²) in [7, 11) is 0. The lowest BCUT2D eigenvalue weighted by molar-refractivity contribution is 0.0660. The summed E-state index contributed by atoms with van der Waals surface area (Å²) in [4.78, 5) is 14.3. The van der Waals surface area contributed by atoms with Crippen molar-refractivity contribution in [3.8, 4) is 0 Å². The molecule has 116 valence electrons. The summed E-state index contributed by atoms with van der Waals surface area (Å²) in [5, 5.41) is 11.3. The molecule has 1 amide bonds. The van der Waals surface area contributed by atoms with Gasteiger partial charge in [-0.3, -0.25) is 4.79 Å². The molecular formula is C16H26N4O. The van der Waals surface area contributed by atoms with Gasteiger partial charge in [0.1, 0.15) is 5.82 Å². The lowest BCUT2D eigenvalue weighted by Gasteiger charge is -2.33. The molecule has 2 rings (SSSR count). The highest BCUT2D eigenvalue weighted by atomic mass is 16.2. The summed E-state index contributed by atoms with van der Waals surface area (Å²) in [6, 6.07) is 3.60. The maximum atomic E-state index is 12.4. The zero-order valence-electron chi connectivity index (χ0n) is 13.3. The number of likely N-dealkylation sites (tertiary alicyclic amines) is 1. The minimum absolute atomic E-state index is 0.00625. The van der Waals surface area contributed by atoms with E-state index in [1.54, 1.807) is 6.07 Å². The predicted octanol–water partition coefficient (Wildman–Crippen LogP) is 2.81. The molecule has 0 bridgehead atoms. The van der Waals surface area contributed by atoms with Crippen LogP contribution in [0.5, 0.6) is 0 Å². The molecule has 5 nitrogen and oxygen atoms in total. The smallest absolute Gasteiger partial charge is 0.274 e. The van der Waals surface area contributed by atoms with Crippen LogP contribution < -0.4 is 5.32 Å². The fourth-order valence-corrected chi connectivity index (χ4v) is 2.72. The monoisotopic (exact) mass is 290 g/mol. The molecule has 5 heteroatoms. The summed E-state index contributed by atoms with van der Waals surface area (Å²) in [6.45, 7) is 9.15. The Morgan fingerprint density at radius 1 is 1.33 bits per heavy atom. The summed E-state index contributed by atoms with van der Waals surface area (Å²) in [5.41, 5.74) is 0.444. The Morgan fingerprint density at radius 2 is 2.05 bits per heavy atom. The molecule has 0 atom stereocenters. The summed E-state index contributed by atoms with van der Waals surface area (Å²) in [6.07, 6.45) is 3.22. The summed E-state index contributed by atoms with van der Waals surface area (Å²) < 4.78 is 0. The number of aromatic nitrogens is 2. The molecule has 0 saturated carbocycles. The van der Waals surface area contributed by atoms with Crippen LogP contribution >= 0.6 is 0 Å². The lowest BCUT2D eigenvalue weighted by Crippen LogP contribution is -2.39. The topological polar surface area (TPSA) is 58.1 Å². The molecule has 0 spiro atoms. The van der Waals surface area contributed by atoms with Gasteiger partial charge in [0.2, 0.25) is 0 Å². The molecule has 0 aliphatic carbocycles. The van der Waals surface area contributed by atoms with Gasteiger partial charge in [-0.1, -0.05) is 20.8 Å². The third-order valence-corrected chi connectivity index (χ3v) is 4.21. The molecule has 1 fully saturated rings. The first kappa shape index (κ1) is 15.7. The number of anilines is 1. The van der Waals surface area contributed by atoms with Crippen molar-refractivity contribution < 1.29 is 4.79 Å². The largest absolute Gasteiger partial charge is 0.369 e. The molecule has 1 aliphatic rings. The maximum Gasteiger partial charge on any atom is 0.274 e. The molecule has 0 aromatic carbocycles. The van der Waals surface area contributed by atoms with Gasteiger partial charge in [-0.2, -0.15) is 0 Å². The Morgan fingerprint density at radius 3 is 2.57 bits per heavy atom. The lowest BCUT2D eigenvalue weighted by atomic mass is 9.86. The average Bonchev–Trinajstić information content (AvgIpc) is 2.53. The zero-order chi connectivity index (χ0) is 15.2. The number of amides is 1. The van der Waals surface area contributed by atoms with Crippen LogP contribution in [0.4, 0.5) is 5.82 Å². The molecule has 2 heterocycles. The highest BCUT2D eigenvalue weighted by molar-refractivity contribution is 5.92. The van der Waals surface area contributed by atoms with Gasteiger partial charge in [-0.25, -0.2) is 0 Å². The average molecular weight is 290 g/mol. The highest BCUT2D eigenvalue weighted by Gasteiger charge is 2.25. The number of piperidine rings is 1. The van der Waals surface area contributed by atoms with Crippen molar-refractivity contribution in [1.29, 1.82) is 0 Å². The number of rotatable bonds is 5. The first-order valence-electron chi connectivity index (χ1n) is 7.98. The van der Waals surface area contributed by atoms with E-state index in [0.717, 1.165) is 50.6 Å². The van der Waals surface area contributed by atoms with Crippen LogP contribution in [0.25, 0.3) is 0 Å². The van der Waals surface area contributed by atoms with Gasteiger partial charge in [-0.05, 0) is 43.2 Å². The van der Waals surface area contributed by atoms with Crippen molar-refractivity contribution in [3.05, 3.63) is 17.8 Å². The Bertz CT molecular complexity index is 450. The van der Waals surface area contributed by atoms with E-state index in [9.17, 15) is 4.79 Å². The van der Waals surface area contributed by atoms with Crippen LogP contribution in [-0.2, 0) is 0 Å². The molecule has 1 N–H and O–H groups in total. The standard InChI is InChI=1S/C16H26N4O/c1-4-9-17-15-6-5-14(18-19-15)16(21)20-10-7-13(8-11-20)12(2)3/h5-6,12-13H,4,7-11H2,1-3H3,(H,17,19). The quantitative estimate of drug-likeness (QED) is 0.906. The third kappa shape index (κ3) is 4.16. The molecule has 0 radical (unpaired) electrons. The number of nitrogens with one attached hydrogen (secondary N) is 1. The molecular weight excluding hydrogens is 264 g/mol. The summed E-state index contributed by atoms with van der Waals surface area (Å²) in [5.74, 6) is 2.17. The van der Waals surface area contributed by atoms with Gasteiger partial charge in [-0.15, -0.1) is 10.2 Å². The molecule has 1 aromatic rings. The second-order valence-electron chi connectivity index (χ2n) is 6.10. The molecule has 0 unspecified atom stereocenters. The molecule has 1 aliphatic heterocycles. The van der Waals surface area contributed by atoms with E-state index in [4.69, 9.17) is 0 Å². The summed E-state index contributed by atoms with van der Waals surface area (Å²) >= 11 is 0. The van der Waals surface area contributed by atoms with Crippen LogP contribution in [0, 0.1) is 11.8 Å². The highest BCUT2D eigenvalue weighted by Crippen LogP contribution is 2.25. The van der Waals surface area contributed by atoms with E-state index < -0.39 is 0 Å².